The Hall–Kier alpha value is -4.01. The second kappa shape index (κ2) is 9.69. The Bertz CT molecular complexity index is 1550. The smallest absolute Gasteiger partial charge is 0.151 e. The summed E-state index contributed by atoms with van der Waals surface area (Å²) in [6.45, 7) is 2.67. The van der Waals surface area contributed by atoms with Gasteiger partial charge in [-0.15, -0.1) is 11.3 Å². The number of hydrogen-bond acceptors (Lipinski definition) is 6. The van der Waals surface area contributed by atoms with Gasteiger partial charge in [0.25, 0.3) is 0 Å². The Morgan fingerprint density at radius 1 is 1.00 bits per heavy atom. The van der Waals surface area contributed by atoms with E-state index in [1.54, 1.807) is 17.7 Å². The summed E-state index contributed by atoms with van der Waals surface area (Å²) in [5.74, 6) is 0.829. The summed E-state index contributed by atoms with van der Waals surface area (Å²) in [6.07, 6.45) is 8.56. The highest BCUT2D eigenvalue weighted by atomic mass is 32.1. The van der Waals surface area contributed by atoms with Crippen molar-refractivity contribution < 1.29 is 0 Å². The van der Waals surface area contributed by atoms with Crippen molar-refractivity contribution in [3.8, 4) is 10.4 Å². The molecule has 0 amide bonds. The lowest BCUT2D eigenvalue weighted by Gasteiger charge is -2.08. The molecule has 0 radical (unpaired) electrons. The molecular weight excluding hydrogens is 454 g/mol. The molecule has 8 heteroatoms. The van der Waals surface area contributed by atoms with Crippen LogP contribution < -0.4 is 10.6 Å². The molecule has 0 aliphatic carbocycles. The average molecular weight is 480 g/mol. The normalized spacial score (nSPS) is 11.4. The molecule has 0 unspecified atom stereocenters. The third-order valence-corrected chi connectivity index (χ3v) is 7.20. The van der Waals surface area contributed by atoms with E-state index in [4.69, 9.17) is 0 Å². The van der Waals surface area contributed by atoms with Gasteiger partial charge in [-0.3, -0.25) is 4.68 Å². The summed E-state index contributed by atoms with van der Waals surface area (Å²) in [5.41, 5.74) is 5.52. The minimum absolute atomic E-state index is 0.811. The number of rotatable bonds is 9. The van der Waals surface area contributed by atoms with Gasteiger partial charge < -0.3 is 15.6 Å². The first-order chi connectivity index (χ1) is 17.3. The molecule has 2 aromatic carbocycles. The maximum atomic E-state index is 4.55. The second-order valence-corrected chi connectivity index (χ2v) is 9.46. The highest BCUT2D eigenvalue weighted by Crippen LogP contribution is 2.36. The Labute approximate surface area is 206 Å². The first-order valence-electron chi connectivity index (χ1n) is 11.7. The van der Waals surface area contributed by atoms with Crippen molar-refractivity contribution in [1.82, 2.24) is 30.0 Å². The molecule has 0 atom stereocenters. The predicted octanol–water partition coefficient (Wildman–Crippen LogP) is 5.96. The average Bonchev–Trinajstić information content (AvgIpc) is 3.65. The quantitative estimate of drug-likeness (QED) is 0.223. The van der Waals surface area contributed by atoms with E-state index in [0.717, 1.165) is 53.3 Å². The van der Waals surface area contributed by atoms with Crippen LogP contribution >= 0.6 is 11.3 Å². The monoisotopic (exact) mass is 479 g/mol. The predicted molar refractivity (Wildman–Crippen MR) is 143 cm³/mol. The summed E-state index contributed by atoms with van der Waals surface area (Å²) < 4.78 is 3.02. The van der Waals surface area contributed by atoms with Crippen LogP contribution in [0.25, 0.3) is 31.6 Å². The summed E-state index contributed by atoms with van der Waals surface area (Å²) in [4.78, 5) is 13.6. The number of nitrogens with zero attached hydrogens (tertiary/aromatic N) is 4. The summed E-state index contributed by atoms with van der Waals surface area (Å²) in [5, 5.41) is 12.5. The summed E-state index contributed by atoms with van der Waals surface area (Å²) in [6, 6.07) is 20.9. The van der Waals surface area contributed by atoms with Crippen molar-refractivity contribution in [2.45, 2.75) is 19.5 Å². The van der Waals surface area contributed by atoms with E-state index >= 15 is 0 Å². The molecule has 0 saturated heterocycles. The first kappa shape index (κ1) is 21.5. The molecule has 6 rings (SSSR count). The van der Waals surface area contributed by atoms with Crippen LogP contribution in [0.4, 0.5) is 11.5 Å². The molecule has 4 heterocycles. The Morgan fingerprint density at radius 2 is 1.94 bits per heavy atom. The molecule has 0 fully saturated rings. The fourth-order valence-corrected chi connectivity index (χ4v) is 5.31. The summed E-state index contributed by atoms with van der Waals surface area (Å²) >= 11 is 1.71. The first-order valence-corrected chi connectivity index (χ1v) is 12.5. The van der Waals surface area contributed by atoms with Crippen molar-refractivity contribution in [2.75, 3.05) is 11.9 Å². The Kier molecular flexibility index (Phi) is 5.96. The molecule has 0 saturated carbocycles. The van der Waals surface area contributed by atoms with E-state index < -0.39 is 0 Å². The van der Waals surface area contributed by atoms with Gasteiger partial charge >= 0.3 is 0 Å². The third-order valence-electron chi connectivity index (χ3n) is 6.02. The molecule has 0 aliphatic rings. The zero-order chi connectivity index (χ0) is 23.5. The van der Waals surface area contributed by atoms with E-state index in [9.17, 15) is 0 Å². The van der Waals surface area contributed by atoms with E-state index in [0.29, 0.717) is 0 Å². The SMILES string of the molecule is c1ccc(-c2cc3ncnc(Nc4ccc5[nH]cc(CNCCCn6cccn6)c5c4)c3s2)cc1. The number of benzene rings is 2. The number of aromatic nitrogens is 5. The van der Waals surface area contributed by atoms with Gasteiger partial charge in [-0.05, 0) is 54.4 Å². The molecule has 0 aliphatic heterocycles. The lowest BCUT2D eigenvalue weighted by atomic mass is 10.1. The largest absolute Gasteiger partial charge is 0.361 e. The zero-order valence-corrected chi connectivity index (χ0v) is 19.9. The van der Waals surface area contributed by atoms with Crippen LogP contribution in [0.2, 0.25) is 0 Å². The lowest BCUT2D eigenvalue weighted by molar-refractivity contribution is 0.544. The molecular formula is C27H25N7S. The number of fused-ring (bicyclic) bond motifs is 2. The number of nitrogens with one attached hydrogen (secondary N) is 3. The van der Waals surface area contributed by atoms with Crippen LogP contribution in [0.15, 0.2) is 85.6 Å². The molecule has 35 heavy (non-hydrogen) atoms. The van der Waals surface area contributed by atoms with Crippen molar-refractivity contribution in [3.63, 3.8) is 0 Å². The van der Waals surface area contributed by atoms with Crippen LogP contribution in [0.5, 0.6) is 0 Å². The van der Waals surface area contributed by atoms with E-state index in [-0.39, 0.29) is 0 Å². The van der Waals surface area contributed by atoms with E-state index in [1.165, 1.54) is 21.4 Å². The van der Waals surface area contributed by atoms with Crippen LogP contribution in [0.1, 0.15) is 12.0 Å². The molecule has 7 nitrogen and oxygen atoms in total. The molecule has 174 valence electrons. The molecule has 0 spiro atoms. The van der Waals surface area contributed by atoms with E-state index in [2.05, 4.69) is 85.4 Å². The van der Waals surface area contributed by atoms with Crippen LogP contribution in [-0.4, -0.2) is 31.3 Å². The second-order valence-electron chi connectivity index (χ2n) is 8.41. The Balaban J connectivity index is 1.18. The zero-order valence-electron chi connectivity index (χ0n) is 19.1. The third kappa shape index (κ3) is 4.66. The topological polar surface area (TPSA) is 83.5 Å². The molecule has 3 N–H and O–H groups in total. The number of aryl methyl sites for hydroxylation is 1. The number of hydrogen-bond donors (Lipinski definition) is 3. The maximum absolute atomic E-state index is 4.55. The highest BCUT2D eigenvalue weighted by Gasteiger charge is 2.11. The summed E-state index contributed by atoms with van der Waals surface area (Å²) in [7, 11) is 0. The van der Waals surface area contributed by atoms with Gasteiger partial charge in [-0.25, -0.2) is 9.97 Å². The van der Waals surface area contributed by atoms with Gasteiger partial charge in [0.2, 0.25) is 0 Å². The van der Waals surface area contributed by atoms with Crippen molar-refractivity contribution >= 4 is 44.0 Å². The lowest BCUT2D eigenvalue weighted by Crippen LogP contribution is -2.16. The van der Waals surface area contributed by atoms with Gasteiger partial charge in [0.1, 0.15) is 6.33 Å². The van der Waals surface area contributed by atoms with Gasteiger partial charge in [-0.1, -0.05) is 30.3 Å². The minimum atomic E-state index is 0.811. The van der Waals surface area contributed by atoms with E-state index in [1.807, 2.05) is 29.2 Å². The number of anilines is 2. The number of aromatic amines is 1. The van der Waals surface area contributed by atoms with Crippen molar-refractivity contribution in [3.05, 3.63) is 91.1 Å². The maximum Gasteiger partial charge on any atom is 0.151 e. The molecule has 0 bridgehead atoms. The number of H-pyrrole nitrogens is 1. The van der Waals surface area contributed by atoms with Crippen LogP contribution in [0.3, 0.4) is 0 Å². The molecule has 6 aromatic rings. The van der Waals surface area contributed by atoms with Crippen molar-refractivity contribution in [1.29, 1.82) is 0 Å². The fourth-order valence-electron chi connectivity index (χ4n) is 4.25. The Morgan fingerprint density at radius 3 is 2.83 bits per heavy atom. The van der Waals surface area contributed by atoms with Crippen LogP contribution in [-0.2, 0) is 13.1 Å². The van der Waals surface area contributed by atoms with Gasteiger partial charge in [0.05, 0.1) is 10.2 Å². The highest BCUT2D eigenvalue weighted by molar-refractivity contribution is 7.22. The molecule has 4 aromatic heterocycles. The van der Waals surface area contributed by atoms with Gasteiger partial charge in [-0.2, -0.15) is 5.10 Å². The van der Waals surface area contributed by atoms with Crippen molar-refractivity contribution in [2.24, 2.45) is 0 Å². The standard InChI is InChI=1S/C27H25N7S/c1-2-6-19(7-3-1)25-15-24-26(35-25)27(31-18-30-24)33-21-8-9-23-22(14-21)20(17-29-23)16-28-10-4-12-34-13-5-11-32-34/h1-3,5-9,11,13-15,17-18,28-29H,4,10,12,16H2,(H,30,31,33). The van der Waals surface area contributed by atoms with Crippen LogP contribution in [0, 0.1) is 0 Å². The minimum Gasteiger partial charge on any atom is -0.361 e. The fraction of sp³-hybridized carbons (Fsp3) is 0.148. The van der Waals surface area contributed by atoms with Gasteiger partial charge in [0, 0.05) is 53.1 Å². The van der Waals surface area contributed by atoms with Gasteiger partial charge in [0.15, 0.2) is 5.82 Å². The number of thiophene rings is 1.